The van der Waals surface area contributed by atoms with Gasteiger partial charge in [-0.2, -0.15) is 0 Å². The number of aliphatic carboxylic acids is 1. The fourth-order valence-corrected chi connectivity index (χ4v) is 4.77. The van der Waals surface area contributed by atoms with Crippen molar-refractivity contribution in [1.82, 2.24) is 4.31 Å². The maximum Gasteiger partial charge on any atom is 0.320 e. The van der Waals surface area contributed by atoms with Crippen molar-refractivity contribution in [3.63, 3.8) is 0 Å². The highest BCUT2D eigenvalue weighted by atomic mass is 32.2. The quantitative estimate of drug-likeness (QED) is 0.516. The summed E-state index contributed by atoms with van der Waals surface area (Å²) in [5.74, 6) is -0.680. The summed E-state index contributed by atoms with van der Waals surface area (Å²) < 4.78 is 21.8. The first kappa shape index (κ1) is 21.4. The Morgan fingerprint density at radius 2 is 1.81 bits per heavy atom. The van der Waals surface area contributed by atoms with E-state index in [9.17, 15) is 9.18 Å². The van der Waals surface area contributed by atoms with Crippen molar-refractivity contribution < 1.29 is 19.0 Å². The third-order valence-electron chi connectivity index (χ3n) is 5.20. The molecule has 1 aliphatic rings. The molecule has 1 fully saturated rings. The molecule has 3 N–H and O–H groups in total. The van der Waals surface area contributed by atoms with Gasteiger partial charge in [0.1, 0.15) is 17.6 Å². The third kappa shape index (κ3) is 5.07. The normalized spacial score (nSPS) is 16.3. The van der Waals surface area contributed by atoms with Gasteiger partial charge < -0.3 is 15.6 Å². The van der Waals surface area contributed by atoms with Crippen LogP contribution < -0.4 is 10.5 Å². The van der Waals surface area contributed by atoms with Gasteiger partial charge in [0, 0.05) is 4.90 Å². The molecule has 0 radical (unpaired) electrons. The minimum atomic E-state index is -1.01. The molecule has 1 atom stereocenters. The molecule has 0 aromatic heterocycles. The van der Waals surface area contributed by atoms with Gasteiger partial charge >= 0.3 is 5.97 Å². The zero-order valence-electron chi connectivity index (χ0n) is 16.8. The van der Waals surface area contributed by atoms with Gasteiger partial charge in [-0.25, -0.2) is 8.70 Å². The number of benzene rings is 3. The van der Waals surface area contributed by atoms with Gasteiger partial charge in [0.25, 0.3) is 0 Å². The van der Waals surface area contributed by atoms with Crippen LogP contribution in [0.1, 0.15) is 11.1 Å². The van der Waals surface area contributed by atoms with Crippen molar-refractivity contribution in [2.24, 2.45) is 5.73 Å². The summed E-state index contributed by atoms with van der Waals surface area (Å²) in [6.07, 6.45) is 0.283. The van der Waals surface area contributed by atoms with Crippen LogP contribution >= 0.6 is 11.9 Å². The fourth-order valence-electron chi connectivity index (χ4n) is 3.58. The fraction of sp³-hybridized carbons (Fsp3) is 0.208. The smallest absolute Gasteiger partial charge is 0.320 e. The Morgan fingerprint density at radius 1 is 1.10 bits per heavy atom. The Labute approximate surface area is 184 Å². The second-order valence-electron chi connectivity index (χ2n) is 7.60. The molecule has 0 spiro atoms. The number of rotatable bonds is 8. The Bertz CT molecular complexity index is 1040. The Balaban J connectivity index is 1.47. The molecule has 3 aromatic rings. The van der Waals surface area contributed by atoms with Crippen molar-refractivity contribution >= 4 is 17.9 Å². The topological polar surface area (TPSA) is 75.8 Å². The number of nitrogens with zero attached hydrogens (tertiary/aromatic N) is 1. The van der Waals surface area contributed by atoms with E-state index in [4.69, 9.17) is 15.6 Å². The van der Waals surface area contributed by atoms with Crippen LogP contribution in [0.5, 0.6) is 5.75 Å². The summed E-state index contributed by atoms with van der Waals surface area (Å²) in [6, 6.07) is 22.9. The molecule has 31 heavy (non-hydrogen) atoms. The molecule has 3 aromatic carbocycles. The number of hydrogen-bond donors (Lipinski definition) is 2. The first-order chi connectivity index (χ1) is 14.9. The van der Waals surface area contributed by atoms with Crippen molar-refractivity contribution in [2.75, 3.05) is 13.1 Å². The molecule has 1 aliphatic heterocycles. The number of halogens is 1. The molecule has 1 heterocycles. The number of carbonyl (C=O) groups is 1. The molecule has 1 saturated heterocycles. The number of ether oxygens (including phenoxy) is 1. The molecule has 0 saturated carbocycles. The molecule has 0 bridgehead atoms. The van der Waals surface area contributed by atoms with E-state index in [1.165, 1.54) is 12.1 Å². The predicted molar refractivity (Wildman–Crippen MR) is 118 cm³/mol. The first-order valence-corrected chi connectivity index (χ1v) is 10.7. The van der Waals surface area contributed by atoms with E-state index in [1.807, 2.05) is 54.6 Å². The second kappa shape index (κ2) is 9.09. The second-order valence-corrected chi connectivity index (χ2v) is 8.77. The van der Waals surface area contributed by atoms with E-state index in [0.717, 1.165) is 16.0 Å². The van der Waals surface area contributed by atoms with E-state index in [2.05, 4.69) is 4.31 Å². The molecule has 0 aliphatic carbocycles. The number of hydrogen-bond acceptors (Lipinski definition) is 5. The van der Waals surface area contributed by atoms with Gasteiger partial charge in [-0.1, -0.05) is 42.5 Å². The van der Waals surface area contributed by atoms with Crippen LogP contribution in [0.2, 0.25) is 0 Å². The highest BCUT2D eigenvalue weighted by molar-refractivity contribution is 7.97. The van der Waals surface area contributed by atoms with Crippen LogP contribution in [0.25, 0.3) is 0 Å². The van der Waals surface area contributed by atoms with E-state index in [-0.39, 0.29) is 12.2 Å². The first-order valence-electron chi connectivity index (χ1n) is 9.94. The highest BCUT2D eigenvalue weighted by Gasteiger charge is 2.47. The lowest BCUT2D eigenvalue weighted by Crippen LogP contribution is -2.59. The van der Waals surface area contributed by atoms with Crippen LogP contribution in [-0.4, -0.2) is 34.5 Å². The van der Waals surface area contributed by atoms with Crippen molar-refractivity contribution in [3.8, 4) is 5.75 Å². The van der Waals surface area contributed by atoms with Gasteiger partial charge in [-0.3, -0.25) is 4.79 Å². The summed E-state index contributed by atoms with van der Waals surface area (Å²) in [4.78, 5) is 12.0. The zero-order valence-corrected chi connectivity index (χ0v) is 17.6. The average Bonchev–Trinajstić information content (AvgIpc) is 2.74. The molecule has 0 amide bonds. The zero-order chi connectivity index (χ0) is 21.8. The van der Waals surface area contributed by atoms with Gasteiger partial charge in [0.15, 0.2) is 5.60 Å². The summed E-state index contributed by atoms with van der Waals surface area (Å²) in [7, 11) is 0. The molecule has 4 rings (SSSR count). The molecular weight excluding hydrogens is 415 g/mol. The van der Waals surface area contributed by atoms with E-state index in [1.54, 1.807) is 24.1 Å². The monoisotopic (exact) mass is 438 g/mol. The summed E-state index contributed by atoms with van der Waals surface area (Å²) in [5, 5.41) is 9.03. The maximum atomic E-state index is 13.3. The highest BCUT2D eigenvalue weighted by Crippen LogP contribution is 2.42. The lowest BCUT2D eigenvalue weighted by molar-refractivity contribution is -0.138. The van der Waals surface area contributed by atoms with Gasteiger partial charge in [-0.15, -0.1) is 0 Å². The molecule has 160 valence electrons. The lowest BCUT2D eigenvalue weighted by atomic mass is 9.87. The largest absolute Gasteiger partial charge is 0.480 e. The van der Waals surface area contributed by atoms with Crippen LogP contribution in [0.4, 0.5) is 4.39 Å². The van der Waals surface area contributed by atoms with E-state index >= 15 is 0 Å². The summed E-state index contributed by atoms with van der Waals surface area (Å²) in [5.41, 5.74) is 7.10. The molecule has 5 nitrogen and oxygen atoms in total. The Morgan fingerprint density at radius 3 is 2.48 bits per heavy atom. The number of carboxylic acids is 1. The molecule has 7 heteroatoms. The van der Waals surface area contributed by atoms with Crippen LogP contribution in [-0.2, 0) is 16.8 Å². The van der Waals surface area contributed by atoms with E-state index in [0.29, 0.717) is 18.8 Å². The standard InChI is InChI=1S/C24H23FN2O3S/c25-19-9-11-20(12-10-19)30-24(18-6-2-1-3-7-18)15-27(16-24)31-21-8-4-5-17(13-21)14-22(26)23(28)29/h1-13,22H,14-16,26H2,(H,28,29)/t22-/m0/s1. The number of nitrogens with two attached hydrogens (primary N) is 1. The Hall–Kier alpha value is -2.87. The lowest BCUT2D eigenvalue weighted by Gasteiger charge is -2.49. The predicted octanol–water partition coefficient (Wildman–Crippen LogP) is 4.08. The Kier molecular flexibility index (Phi) is 6.27. The van der Waals surface area contributed by atoms with Crippen LogP contribution in [0.3, 0.4) is 0 Å². The van der Waals surface area contributed by atoms with Crippen molar-refractivity contribution in [3.05, 3.63) is 95.8 Å². The van der Waals surface area contributed by atoms with Crippen molar-refractivity contribution in [2.45, 2.75) is 23.0 Å². The number of carboxylic acid groups (broad SMARTS) is 1. The van der Waals surface area contributed by atoms with Gasteiger partial charge in [0.2, 0.25) is 0 Å². The van der Waals surface area contributed by atoms with Crippen LogP contribution in [0, 0.1) is 5.82 Å². The summed E-state index contributed by atoms with van der Waals surface area (Å²) >= 11 is 1.60. The SMILES string of the molecule is N[C@@H](Cc1cccc(SN2CC(Oc3ccc(F)cc3)(c3ccccc3)C2)c1)C(=O)O. The average molecular weight is 439 g/mol. The van der Waals surface area contributed by atoms with Crippen molar-refractivity contribution in [1.29, 1.82) is 0 Å². The summed E-state index contributed by atoms with van der Waals surface area (Å²) in [6.45, 7) is 1.30. The molecule has 0 unspecified atom stereocenters. The van der Waals surface area contributed by atoms with Gasteiger partial charge in [-0.05, 0) is 65.9 Å². The van der Waals surface area contributed by atoms with E-state index < -0.39 is 17.6 Å². The molecular formula is C24H23FN2O3S. The third-order valence-corrected chi connectivity index (χ3v) is 6.18. The van der Waals surface area contributed by atoms with Gasteiger partial charge in [0.05, 0.1) is 13.1 Å². The maximum absolute atomic E-state index is 13.3. The minimum Gasteiger partial charge on any atom is -0.480 e. The minimum absolute atomic E-state index is 0.283. The van der Waals surface area contributed by atoms with Crippen LogP contribution in [0.15, 0.2) is 83.8 Å².